The molecule has 23 nitrogen and oxygen atoms in total. The molecule has 5 N–H and O–H groups in total. The van der Waals surface area contributed by atoms with Crippen molar-refractivity contribution in [2.24, 2.45) is 0 Å². The molecule has 0 aromatic carbocycles. The smallest absolute Gasteiger partial charge is 1.00 e. The number of nitrogens with two attached hydrogens (primary N) is 1. The standard InChI is InChI=1S/C13H15F3N4.C11H12N4O2.C11H14N4.C8H11NO.C7H7NO.C3H5F3.C3H3N3O2.CH4.CH3.BrH.Mg/c1-9-7-17-5-3-11(9)10(2)20-6-4-12(19-20)18-8-13(14,15)16;1-8-7-12-5-3-10(8)9(2)14-6-4-11(13-14)15(16)17;1-8-7-13-5-3-10(8)9(2)15-6-4-11(12)14-15;1-6-5-9-4-3-8(6)7(2)10;1-6-4-8-3-2-7(6)5-9;1-2-3(4,5)6;7-6(8)3-1-2-4-5-3;;;;/h3-7,10H,8H2,1-2H3,(H,18,19);3-7,9H,1-2H3;3-7,9H,1-2H3,(H2,12,14);3-5,7,10H,1-2H3;2-5H,1H3;2H2,1H3;1-2H,(H,4,5);1H4;1H3;1H;/q;;;;;;;;-1;;+2/p-1. The van der Waals surface area contributed by atoms with Crippen molar-refractivity contribution < 1.29 is 63.1 Å². The molecule has 4 atom stereocenters. The van der Waals surface area contributed by atoms with Crippen LogP contribution in [-0.2, 0) is 0 Å². The molecule has 0 amide bonds. The molecular formula is C58H74BrF6MgN17O6. The minimum Gasteiger partial charge on any atom is -1.00 e. The van der Waals surface area contributed by atoms with Gasteiger partial charge in [-0.1, -0.05) is 19.4 Å². The fourth-order valence-corrected chi connectivity index (χ4v) is 7.25. The van der Waals surface area contributed by atoms with Crippen LogP contribution in [0.5, 0.6) is 0 Å². The van der Waals surface area contributed by atoms with E-state index in [0.29, 0.717) is 11.4 Å². The molecule has 89 heavy (non-hydrogen) atoms. The average molecular weight is 1320 g/mol. The number of aliphatic hydroxyl groups is 1. The Labute approximate surface area is 539 Å². The number of H-pyrrole nitrogens is 1. The summed E-state index contributed by atoms with van der Waals surface area (Å²) in [6.07, 6.45) is 15.3. The van der Waals surface area contributed by atoms with Gasteiger partial charge in [0.25, 0.3) is 0 Å². The van der Waals surface area contributed by atoms with Crippen LogP contribution in [0.1, 0.15) is 133 Å². The number of rotatable bonds is 12. The molecule has 0 radical (unpaired) electrons. The number of nitrogen functional groups attached to an aromatic ring is 1. The van der Waals surface area contributed by atoms with E-state index in [1.165, 1.54) is 35.5 Å². The number of aromatic amines is 1. The predicted molar refractivity (Wildman–Crippen MR) is 325 cm³/mol. The van der Waals surface area contributed by atoms with Gasteiger partial charge in [0, 0.05) is 92.4 Å². The minimum absolute atomic E-state index is 0. The second-order valence-electron chi connectivity index (χ2n) is 18.4. The van der Waals surface area contributed by atoms with Gasteiger partial charge in [0.1, 0.15) is 24.5 Å². The van der Waals surface area contributed by atoms with Crippen LogP contribution in [0.15, 0.2) is 141 Å². The molecule has 4 unspecified atom stereocenters. The first-order chi connectivity index (χ1) is 40.1. The van der Waals surface area contributed by atoms with Gasteiger partial charge in [-0.25, -0.2) is 0 Å². The quantitative estimate of drug-likeness (QED) is 0.0221. The predicted octanol–water partition coefficient (Wildman–Crippen LogP) is 9.68. The zero-order valence-electron chi connectivity index (χ0n) is 50.3. The Hall–Kier alpha value is -8.55. The molecule has 0 saturated carbocycles. The number of aldehydes is 1. The molecule has 0 aliphatic carbocycles. The SMILES string of the molecule is C.CCC(F)(F)F.Cc1cnccc1C(C)O.Cc1cnccc1C(C)n1ccc(N)n1.Cc1cnccc1C(C)n1ccc(NCC(F)(F)F)n1.Cc1cnccc1C(C)n1ccc([N+](=O)[O-])n1.Cc1cnccc1C=O.O=[N+]([O-])c1ccn[nH]1.[Br-].[CH3-].[Mg+2]. The number of pyridine rings is 5. The van der Waals surface area contributed by atoms with Crippen LogP contribution >= 0.6 is 0 Å². The molecule has 478 valence electrons. The fraction of sp³-hybridized carbons (Fsp3) is 0.328. The zero-order valence-corrected chi connectivity index (χ0v) is 53.3. The first-order valence-corrected chi connectivity index (χ1v) is 25.8. The number of alkyl halides is 6. The Bertz CT molecular complexity index is 3460. The summed E-state index contributed by atoms with van der Waals surface area (Å²) < 4.78 is 73.8. The maximum atomic E-state index is 12.1. The topological polar surface area (TPSA) is 308 Å². The Kier molecular flexibility index (Phi) is 37.8. The Morgan fingerprint density at radius 2 is 1.00 bits per heavy atom. The molecule has 0 bridgehead atoms. The number of aryl methyl sites for hydroxylation is 5. The second kappa shape index (κ2) is 40.8. The van der Waals surface area contributed by atoms with Crippen molar-refractivity contribution in [3.05, 3.63) is 225 Å². The van der Waals surface area contributed by atoms with E-state index >= 15 is 0 Å². The second-order valence-corrected chi connectivity index (χ2v) is 18.4. The van der Waals surface area contributed by atoms with Crippen LogP contribution in [0.4, 0.5) is 49.6 Å². The van der Waals surface area contributed by atoms with Crippen molar-refractivity contribution in [2.75, 3.05) is 17.6 Å². The van der Waals surface area contributed by atoms with Gasteiger partial charge >= 0.3 is 47.0 Å². The molecular weight excluding hydrogens is 1250 g/mol. The summed E-state index contributed by atoms with van der Waals surface area (Å²) in [7, 11) is 0. The summed E-state index contributed by atoms with van der Waals surface area (Å²) in [6.45, 7) is 17.4. The van der Waals surface area contributed by atoms with Crippen molar-refractivity contribution in [1.82, 2.24) is 64.5 Å². The van der Waals surface area contributed by atoms with Crippen molar-refractivity contribution in [3.8, 4) is 0 Å². The molecule has 9 heterocycles. The number of nitro groups is 2. The van der Waals surface area contributed by atoms with Crippen molar-refractivity contribution in [1.29, 1.82) is 0 Å². The monoisotopic (exact) mass is 1320 g/mol. The van der Waals surface area contributed by atoms with Gasteiger partial charge < -0.3 is 60.8 Å². The number of anilines is 2. The number of carbonyl (C=O) groups is 1. The van der Waals surface area contributed by atoms with Crippen LogP contribution in [0.3, 0.4) is 0 Å². The normalized spacial score (nSPS) is 11.5. The van der Waals surface area contributed by atoms with E-state index in [1.54, 1.807) is 96.6 Å². The van der Waals surface area contributed by atoms with Gasteiger partial charge in [-0.05, 0) is 159 Å². The number of nitrogens with zero attached hydrogens (tertiary/aromatic N) is 14. The largest absolute Gasteiger partial charge is 2.00 e. The van der Waals surface area contributed by atoms with E-state index in [9.17, 15) is 56.5 Å². The maximum Gasteiger partial charge on any atom is 2.00 e. The Morgan fingerprint density at radius 3 is 1.29 bits per heavy atom. The van der Waals surface area contributed by atoms with Crippen LogP contribution in [-0.4, -0.2) is 128 Å². The summed E-state index contributed by atoms with van der Waals surface area (Å²) in [6, 6.07) is 15.4. The maximum absolute atomic E-state index is 12.1. The molecule has 9 aromatic heterocycles. The number of aliphatic hydroxyl groups excluding tert-OH is 1. The molecule has 31 heteroatoms. The first-order valence-electron chi connectivity index (χ1n) is 25.8. The summed E-state index contributed by atoms with van der Waals surface area (Å²) in [5.74, 6) is 0.544. The van der Waals surface area contributed by atoms with Crippen LogP contribution in [0, 0.1) is 62.3 Å². The molecule has 9 aromatic rings. The van der Waals surface area contributed by atoms with Crippen molar-refractivity contribution in [3.63, 3.8) is 0 Å². The van der Waals surface area contributed by atoms with Crippen LogP contribution in [0.2, 0.25) is 0 Å². The summed E-state index contributed by atoms with van der Waals surface area (Å²) in [5, 5.41) is 49.6. The van der Waals surface area contributed by atoms with E-state index in [1.807, 2.05) is 89.8 Å². The van der Waals surface area contributed by atoms with Gasteiger partial charge in [-0.2, -0.15) is 41.2 Å². The minimum atomic E-state index is -4.25. The summed E-state index contributed by atoms with van der Waals surface area (Å²) in [5.41, 5.74) is 15.7. The third-order valence-electron chi connectivity index (χ3n) is 12.0. The number of hydrogen-bond donors (Lipinski definition) is 4. The Balaban J connectivity index is 0. The fourth-order valence-electron chi connectivity index (χ4n) is 7.25. The van der Waals surface area contributed by atoms with Gasteiger partial charge in [0.05, 0.1) is 53.9 Å². The van der Waals surface area contributed by atoms with E-state index in [-0.39, 0.29) is 96.6 Å². The van der Waals surface area contributed by atoms with Crippen molar-refractivity contribution in [2.45, 2.75) is 120 Å². The third-order valence-corrected chi connectivity index (χ3v) is 12.0. The van der Waals surface area contributed by atoms with Gasteiger partial charge in [0.15, 0.2) is 0 Å². The number of halogens is 7. The first kappa shape index (κ1) is 82.5. The molecule has 0 spiro atoms. The van der Waals surface area contributed by atoms with E-state index in [4.69, 9.17) is 5.73 Å². The molecule has 9 rings (SSSR count). The number of aromatic nitrogens is 13. The van der Waals surface area contributed by atoms with Crippen LogP contribution in [0.25, 0.3) is 0 Å². The van der Waals surface area contributed by atoms with E-state index in [0.717, 1.165) is 52.2 Å². The van der Waals surface area contributed by atoms with Crippen LogP contribution < -0.4 is 28.0 Å². The van der Waals surface area contributed by atoms with Gasteiger partial charge in [-0.3, -0.25) is 39.1 Å². The molecule has 0 aliphatic rings. The Morgan fingerprint density at radius 1 is 0.607 bits per heavy atom. The van der Waals surface area contributed by atoms with E-state index < -0.39 is 35.2 Å². The summed E-state index contributed by atoms with van der Waals surface area (Å²) in [4.78, 5) is 49.4. The molecule has 0 aliphatic heterocycles. The molecule has 0 saturated heterocycles. The van der Waals surface area contributed by atoms with Crippen molar-refractivity contribution >= 4 is 52.6 Å². The van der Waals surface area contributed by atoms with E-state index in [2.05, 4.69) is 62.7 Å². The third kappa shape index (κ3) is 29.3. The molecule has 0 fully saturated rings. The van der Waals surface area contributed by atoms with Gasteiger partial charge in [0.2, 0.25) is 0 Å². The number of carbonyl (C=O) groups excluding carboxylic acids is 1. The van der Waals surface area contributed by atoms with Gasteiger partial charge in [-0.15, -0.1) is 5.10 Å². The summed E-state index contributed by atoms with van der Waals surface area (Å²) >= 11 is 0. The zero-order chi connectivity index (χ0) is 63.4. The number of hydrogen-bond acceptors (Lipinski definition) is 17. The number of nitrogens with one attached hydrogen (secondary N) is 2. The average Bonchev–Trinajstić information content (AvgIpc) is 4.57.